The van der Waals surface area contributed by atoms with Crippen molar-refractivity contribution in [3.8, 4) is 5.75 Å². The Balaban J connectivity index is 1.53. The highest BCUT2D eigenvalue weighted by Gasteiger charge is 2.07. The highest BCUT2D eigenvalue weighted by molar-refractivity contribution is 6.04. The number of rotatable bonds is 9. The van der Waals surface area contributed by atoms with Gasteiger partial charge in [-0.15, -0.1) is 0 Å². The highest BCUT2D eigenvalue weighted by atomic mass is 16.5. The summed E-state index contributed by atoms with van der Waals surface area (Å²) in [6.07, 6.45) is 0.922. The van der Waals surface area contributed by atoms with E-state index in [1.54, 1.807) is 30.3 Å². The van der Waals surface area contributed by atoms with Crippen molar-refractivity contribution >= 4 is 28.9 Å². The molecular weight excluding hydrogens is 378 g/mol. The number of nitrogens with one attached hydrogen (secondary N) is 3. The van der Waals surface area contributed by atoms with Crippen LogP contribution in [-0.4, -0.2) is 25.0 Å². The van der Waals surface area contributed by atoms with Crippen LogP contribution in [0.15, 0.2) is 78.9 Å². The molecule has 0 radical (unpaired) electrons. The second-order valence-electron chi connectivity index (χ2n) is 6.68. The predicted molar refractivity (Wildman–Crippen MR) is 120 cm³/mol. The van der Waals surface area contributed by atoms with Gasteiger partial charge in [0.05, 0.1) is 13.2 Å². The Labute approximate surface area is 176 Å². The van der Waals surface area contributed by atoms with Crippen molar-refractivity contribution in [2.45, 2.75) is 13.3 Å². The van der Waals surface area contributed by atoms with E-state index in [1.807, 2.05) is 55.5 Å². The van der Waals surface area contributed by atoms with E-state index >= 15 is 0 Å². The van der Waals surface area contributed by atoms with Crippen LogP contribution in [0.3, 0.4) is 0 Å². The first-order chi connectivity index (χ1) is 14.6. The second kappa shape index (κ2) is 10.7. The van der Waals surface area contributed by atoms with Gasteiger partial charge in [0.15, 0.2) is 0 Å². The lowest BCUT2D eigenvalue weighted by Gasteiger charge is -2.11. The summed E-state index contributed by atoms with van der Waals surface area (Å²) in [7, 11) is 0. The molecule has 0 aromatic heterocycles. The molecule has 0 aliphatic carbocycles. The fourth-order valence-corrected chi connectivity index (χ4v) is 2.77. The van der Waals surface area contributed by atoms with Gasteiger partial charge in [-0.2, -0.15) is 0 Å². The lowest BCUT2D eigenvalue weighted by Crippen LogP contribution is -2.21. The minimum Gasteiger partial charge on any atom is -0.494 e. The molecule has 0 saturated heterocycles. The third-order valence-corrected chi connectivity index (χ3v) is 4.20. The number of hydrogen-bond acceptors (Lipinski definition) is 4. The van der Waals surface area contributed by atoms with Crippen LogP contribution < -0.4 is 20.7 Å². The Bertz CT molecular complexity index is 990. The molecule has 3 rings (SSSR count). The molecule has 0 unspecified atom stereocenters. The number of carbonyl (C=O) groups is 2. The fraction of sp³-hybridized carbons (Fsp3) is 0.167. The minimum atomic E-state index is -0.185. The zero-order chi connectivity index (χ0) is 21.2. The molecule has 0 bridgehead atoms. The molecule has 0 saturated carbocycles. The molecule has 0 aliphatic rings. The smallest absolute Gasteiger partial charge is 0.255 e. The Morgan fingerprint density at radius 2 is 1.50 bits per heavy atom. The van der Waals surface area contributed by atoms with Crippen LogP contribution in [0.5, 0.6) is 5.75 Å². The van der Waals surface area contributed by atoms with Gasteiger partial charge in [0, 0.05) is 28.7 Å². The summed E-state index contributed by atoms with van der Waals surface area (Å²) < 4.78 is 5.58. The largest absolute Gasteiger partial charge is 0.494 e. The first kappa shape index (κ1) is 20.9. The molecule has 6 heteroatoms. The van der Waals surface area contributed by atoms with Crippen molar-refractivity contribution in [1.82, 2.24) is 0 Å². The second-order valence-corrected chi connectivity index (χ2v) is 6.68. The number of benzene rings is 3. The molecule has 3 aromatic rings. The SMILES string of the molecule is CCCOc1cccc(NC(=O)CNc2cccc(NC(=O)c3ccccc3)c2)c1. The molecule has 154 valence electrons. The third kappa shape index (κ3) is 6.38. The number of ether oxygens (including phenoxy) is 1. The van der Waals surface area contributed by atoms with Crippen LogP contribution in [0.1, 0.15) is 23.7 Å². The van der Waals surface area contributed by atoms with Gasteiger partial charge < -0.3 is 20.7 Å². The van der Waals surface area contributed by atoms with Crippen LogP contribution in [0, 0.1) is 0 Å². The summed E-state index contributed by atoms with van der Waals surface area (Å²) in [5.74, 6) is 0.363. The normalized spacial score (nSPS) is 10.2. The third-order valence-electron chi connectivity index (χ3n) is 4.20. The monoisotopic (exact) mass is 403 g/mol. The molecule has 3 N–H and O–H groups in total. The minimum absolute atomic E-state index is 0.0934. The van der Waals surface area contributed by atoms with Crippen molar-refractivity contribution in [3.05, 3.63) is 84.4 Å². The highest BCUT2D eigenvalue weighted by Crippen LogP contribution is 2.18. The number of hydrogen-bond donors (Lipinski definition) is 3. The average molecular weight is 403 g/mol. The van der Waals surface area contributed by atoms with E-state index in [0.29, 0.717) is 23.5 Å². The van der Waals surface area contributed by atoms with Gasteiger partial charge >= 0.3 is 0 Å². The van der Waals surface area contributed by atoms with Gasteiger partial charge in [0.1, 0.15) is 5.75 Å². The van der Waals surface area contributed by atoms with Crippen LogP contribution in [-0.2, 0) is 4.79 Å². The van der Waals surface area contributed by atoms with Crippen molar-refractivity contribution in [2.24, 2.45) is 0 Å². The van der Waals surface area contributed by atoms with Crippen LogP contribution in [0.2, 0.25) is 0 Å². The van der Waals surface area contributed by atoms with Gasteiger partial charge in [-0.25, -0.2) is 0 Å². The maximum absolute atomic E-state index is 12.3. The predicted octanol–water partition coefficient (Wildman–Crippen LogP) is 4.78. The summed E-state index contributed by atoms with van der Waals surface area (Å²) in [6.45, 7) is 2.77. The number of carbonyl (C=O) groups excluding carboxylic acids is 2. The molecule has 0 heterocycles. The Morgan fingerprint density at radius 1 is 0.800 bits per heavy atom. The molecule has 6 nitrogen and oxygen atoms in total. The molecule has 0 atom stereocenters. The van der Waals surface area contributed by atoms with Crippen molar-refractivity contribution in [3.63, 3.8) is 0 Å². The maximum Gasteiger partial charge on any atom is 0.255 e. The maximum atomic E-state index is 12.3. The van der Waals surface area contributed by atoms with Gasteiger partial charge in [-0.05, 0) is 48.9 Å². The Hall–Kier alpha value is -3.80. The summed E-state index contributed by atoms with van der Waals surface area (Å²) in [5.41, 5.74) is 2.64. The summed E-state index contributed by atoms with van der Waals surface area (Å²) in [4.78, 5) is 24.6. The van der Waals surface area contributed by atoms with Crippen LogP contribution in [0.25, 0.3) is 0 Å². The molecule has 0 fully saturated rings. The van der Waals surface area contributed by atoms with Crippen molar-refractivity contribution < 1.29 is 14.3 Å². The fourth-order valence-electron chi connectivity index (χ4n) is 2.77. The van der Waals surface area contributed by atoms with E-state index in [1.165, 1.54) is 0 Å². The number of anilines is 3. The molecule has 2 amide bonds. The quantitative estimate of drug-likeness (QED) is 0.480. The van der Waals surface area contributed by atoms with E-state index in [-0.39, 0.29) is 18.4 Å². The number of amides is 2. The summed E-state index contributed by atoms with van der Waals surface area (Å²) >= 11 is 0. The Morgan fingerprint density at radius 3 is 2.27 bits per heavy atom. The van der Waals surface area contributed by atoms with Gasteiger partial charge in [-0.1, -0.05) is 37.3 Å². The van der Waals surface area contributed by atoms with Gasteiger partial charge in [-0.3, -0.25) is 9.59 Å². The first-order valence-corrected chi connectivity index (χ1v) is 9.87. The van der Waals surface area contributed by atoms with Gasteiger partial charge in [0.2, 0.25) is 5.91 Å². The van der Waals surface area contributed by atoms with E-state index in [4.69, 9.17) is 4.74 Å². The molecule has 0 spiro atoms. The van der Waals surface area contributed by atoms with Crippen molar-refractivity contribution in [1.29, 1.82) is 0 Å². The molecular formula is C24H25N3O3. The molecule has 30 heavy (non-hydrogen) atoms. The zero-order valence-corrected chi connectivity index (χ0v) is 16.9. The van der Waals surface area contributed by atoms with Gasteiger partial charge in [0.25, 0.3) is 5.91 Å². The first-order valence-electron chi connectivity index (χ1n) is 9.87. The summed E-state index contributed by atoms with van der Waals surface area (Å²) in [5, 5.41) is 8.77. The van der Waals surface area contributed by atoms with Crippen LogP contribution in [0.4, 0.5) is 17.1 Å². The van der Waals surface area contributed by atoms with E-state index < -0.39 is 0 Å². The van der Waals surface area contributed by atoms with Crippen molar-refractivity contribution in [2.75, 3.05) is 29.1 Å². The summed E-state index contributed by atoms with van der Waals surface area (Å²) in [6, 6.07) is 23.6. The zero-order valence-electron chi connectivity index (χ0n) is 16.9. The van der Waals surface area contributed by atoms with Crippen LogP contribution >= 0.6 is 0 Å². The molecule has 0 aliphatic heterocycles. The topological polar surface area (TPSA) is 79.5 Å². The Kier molecular flexibility index (Phi) is 7.44. The molecule has 3 aromatic carbocycles. The van der Waals surface area contributed by atoms with E-state index in [2.05, 4.69) is 16.0 Å². The lowest BCUT2D eigenvalue weighted by atomic mass is 10.2. The van der Waals surface area contributed by atoms with E-state index in [9.17, 15) is 9.59 Å². The average Bonchev–Trinajstić information content (AvgIpc) is 2.77. The lowest BCUT2D eigenvalue weighted by molar-refractivity contribution is -0.114. The van der Waals surface area contributed by atoms with E-state index in [0.717, 1.165) is 17.9 Å². The standard InChI is InChI=1S/C24H25N3O3/c1-2-14-30-22-13-7-12-21(16-22)26-23(28)17-25-19-10-6-11-20(15-19)27-24(29)18-8-4-3-5-9-18/h3-13,15-16,25H,2,14,17H2,1H3,(H,26,28)(H,27,29).